The van der Waals surface area contributed by atoms with E-state index >= 15 is 0 Å². The molecule has 0 aliphatic heterocycles. The molecule has 0 aliphatic rings. The summed E-state index contributed by atoms with van der Waals surface area (Å²) in [6.07, 6.45) is 2.81. The molecule has 0 atom stereocenters. The molecule has 14 heavy (non-hydrogen) atoms. The van der Waals surface area contributed by atoms with Gasteiger partial charge in [0.15, 0.2) is 0 Å². The first-order chi connectivity index (χ1) is 6.44. The van der Waals surface area contributed by atoms with Gasteiger partial charge in [0.1, 0.15) is 0 Å². The SMILES string of the molecule is CN(Cc1cn[nH]c1)S(=O)(=O)C(F)F. The molecule has 0 unspecified atom stereocenters. The maximum absolute atomic E-state index is 12.0. The van der Waals surface area contributed by atoms with Crippen LogP contribution < -0.4 is 0 Å². The highest BCUT2D eigenvalue weighted by molar-refractivity contribution is 7.89. The number of H-pyrrole nitrogens is 1. The van der Waals surface area contributed by atoms with Crippen molar-refractivity contribution in [1.29, 1.82) is 0 Å². The van der Waals surface area contributed by atoms with Crippen molar-refractivity contribution >= 4 is 10.0 Å². The molecule has 0 amide bonds. The van der Waals surface area contributed by atoms with E-state index in [9.17, 15) is 17.2 Å². The lowest BCUT2D eigenvalue weighted by Crippen LogP contribution is -2.31. The van der Waals surface area contributed by atoms with Crippen LogP contribution in [0, 0.1) is 0 Å². The molecule has 1 aromatic heterocycles. The standard InChI is InChI=1S/C6H9F2N3O2S/c1-11(14(12,13)6(7)8)4-5-2-9-10-3-5/h2-3,6H,4H2,1H3,(H,9,10). The summed E-state index contributed by atoms with van der Waals surface area (Å²) in [6, 6.07) is 0. The summed E-state index contributed by atoms with van der Waals surface area (Å²) in [4.78, 5) is 0. The van der Waals surface area contributed by atoms with Crippen LogP contribution in [0.1, 0.15) is 5.56 Å². The number of hydrogen-bond acceptors (Lipinski definition) is 3. The van der Waals surface area contributed by atoms with Gasteiger partial charge in [0.05, 0.1) is 6.20 Å². The van der Waals surface area contributed by atoms with Crippen LogP contribution in [0.25, 0.3) is 0 Å². The minimum atomic E-state index is -4.49. The van der Waals surface area contributed by atoms with Crippen molar-refractivity contribution in [2.24, 2.45) is 0 Å². The lowest BCUT2D eigenvalue weighted by molar-refractivity contribution is 0.222. The molecule has 1 rings (SSSR count). The molecule has 1 N–H and O–H groups in total. The van der Waals surface area contributed by atoms with Crippen LogP contribution in [-0.4, -0.2) is 35.7 Å². The first-order valence-electron chi connectivity index (χ1n) is 3.65. The second kappa shape index (κ2) is 4.01. The monoisotopic (exact) mass is 225 g/mol. The van der Waals surface area contributed by atoms with E-state index < -0.39 is 15.8 Å². The number of nitrogens with zero attached hydrogens (tertiary/aromatic N) is 2. The number of nitrogens with one attached hydrogen (secondary N) is 1. The van der Waals surface area contributed by atoms with E-state index in [2.05, 4.69) is 10.2 Å². The van der Waals surface area contributed by atoms with E-state index in [1.54, 1.807) is 0 Å². The summed E-state index contributed by atoms with van der Waals surface area (Å²) < 4.78 is 46.5. The number of halogens is 2. The Hall–Kier alpha value is -1.02. The van der Waals surface area contributed by atoms with Crippen LogP contribution in [0.3, 0.4) is 0 Å². The molecule has 0 aliphatic carbocycles. The molecule has 0 saturated heterocycles. The van der Waals surface area contributed by atoms with Gasteiger partial charge in [-0.25, -0.2) is 8.42 Å². The maximum atomic E-state index is 12.0. The van der Waals surface area contributed by atoms with Crippen molar-refractivity contribution in [1.82, 2.24) is 14.5 Å². The molecular formula is C6H9F2N3O2S. The Morgan fingerprint density at radius 3 is 2.71 bits per heavy atom. The van der Waals surface area contributed by atoms with Crippen molar-refractivity contribution in [3.8, 4) is 0 Å². The van der Waals surface area contributed by atoms with Crippen molar-refractivity contribution in [2.45, 2.75) is 12.3 Å². The zero-order valence-corrected chi connectivity index (χ0v) is 8.13. The zero-order chi connectivity index (χ0) is 10.8. The minimum Gasteiger partial charge on any atom is -0.285 e. The van der Waals surface area contributed by atoms with Gasteiger partial charge in [-0.1, -0.05) is 0 Å². The average Bonchev–Trinajstić information content (AvgIpc) is 2.56. The van der Waals surface area contributed by atoms with Gasteiger partial charge in [-0.15, -0.1) is 0 Å². The van der Waals surface area contributed by atoms with Gasteiger partial charge >= 0.3 is 5.76 Å². The molecule has 0 bridgehead atoms. The van der Waals surface area contributed by atoms with Crippen molar-refractivity contribution in [2.75, 3.05) is 7.05 Å². The number of sulfonamides is 1. The van der Waals surface area contributed by atoms with Gasteiger partial charge < -0.3 is 0 Å². The lowest BCUT2D eigenvalue weighted by Gasteiger charge is -2.14. The fourth-order valence-corrected chi connectivity index (χ4v) is 1.45. The Morgan fingerprint density at radius 1 is 1.64 bits per heavy atom. The van der Waals surface area contributed by atoms with E-state index in [0.717, 1.165) is 7.05 Å². The fourth-order valence-electron chi connectivity index (χ4n) is 0.847. The Balaban J connectivity index is 2.72. The Morgan fingerprint density at radius 2 is 2.29 bits per heavy atom. The van der Waals surface area contributed by atoms with Crippen LogP contribution in [0.2, 0.25) is 0 Å². The maximum Gasteiger partial charge on any atom is 0.350 e. The number of aromatic amines is 1. The van der Waals surface area contributed by atoms with Gasteiger partial charge in [0, 0.05) is 25.4 Å². The van der Waals surface area contributed by atoms with Crippen LogP contribution >= 0.6 is 0 Å². The average molecular weight is 225 g/mol. The summed E-state index contributed by atoms with van der Waals surface area (Å²) in [7, 11) is -3.40. The molecule has 1 heterocycles. The van der Waals surface area contributed by atoms with Gasteiger partial charge in [0.25, 0.3) is 10.0 Å². The first kappa shape index (κ1) is 11.1. The summed E-state index contributed by atoms with van der Waals surface area (Å²) in [5, 5.41) is 6.02. The van der Waals surface area contributed by atoms with Crippen LogP contribution in [0.15, 0.2) is 12.4 Å². The Kier molecular flexibility index (Phi) is 3.17. The Bertz CT molecular complexity index is 376. The van der Waals surface area contributed by atoms with Crippen LogP contribution in [-0.2, 0) is 16.6 Å². The second-order valence-electron chi connectivity index (χ2n) is 2.67. The smallest absolute Gasteiger partial charge is 0.285 e. The molecule has 0 saturated carbocycles. The highest BCUT2D eigenvalue weighted by Gasteiger charge is 2.29. The third kappa shape index (κ3) is 2.26. The molecule has 8 heteroatoms. The summed E-state index contributed by atoms with van der Waals surface area (Å²) in [6.45, 7) is -0.122. The van der Waals surface area contributed by atoms with E-state index in [1.807, 2.05) is 0 Å². The predicted octanol–water partition coefficient (Wildman–Crippen LogP) is 0.394. The Labute approximate surface area is 79.8 Å². The highest BCUT2D eigenvalue weighted by Crippen LogP contribution is 2.12. The van der Waals surface area contributed by atoms with Gasteiger partial charge in [-0.3, -0.25) is 5.10 Å². The summed E-state index contributed by atoms with van der Waals surface area (Å²) in [5.41, 5.74) is 0.525. The normalized spacial score (nSPS) is 12.6. The third-order valence-corrected chi connectivity index (χ3v) is 3.07. The van der Waals surface area contributed by atoms with E-state index in [0.29, 0.717) is 9.87 Å². The van der Waals surface area contributed by atoms with E-state index in [-0.39, 0.29) is 6.54 Å². The van der Waals surface area contributed by atoms with Crippen molar-refractivity contribution < 1.29 is 17.2 Å². The molecule has 0 fully saturated rings. The van der Waals surface area contributed by atoms with Crippen molar-refractivity contribution in [3.63, 3.8) is 0 Å². The lowest BCUT2D eigenvalue weighted by atomic mass is 10.4. The van der Waals surface area contributed by atoms with Crippen LogP contribution in [0.4, 0.5) is 8.78 Å². The number of rotatable bonds is 4. The van der Waals surface area contributed by atoms with Crippen molar-refractivity contribution in [3.05, 3.63) is 18.0 Å². The molecular weight excluding hydrogens is 216 g/mol. The van der Waals surface area contributed by atoms with Crippen LogP contribution in [0.5, 0.6) is 0 Å². The predicted molar refractivity (Wildman–Crippen MR) is 45.0 cm³/mol. The summed E-state index contributed by atoms with van der Waals surface area (Å²) >= 11 is 0. The van der Waals surface area contributed by atoms with Gasteiger partial charge in [0.2, 0.25) is 0 Å². The number of hydrogen-bond donors (Lipinski definition) is 1. The first-order valence-corrected chi connectivity index (χ1v) is 5.16. The largest absolute Gasteiger partial charge is 0.350 e. The van der Waals surface area contributed by atoms with Gasteiger partial charge in [-0.05, 0) is 0 Å². The zero-order valence-electron chi connectivity index (χ0n) is 7.31. The van der Waals surface area contributed by atoms with Gasteiger partial charge in [-0.2, -0.15) is 18.2 Å². The molecule has 0 spiro atoms. The highest BCUT2D eigenvalue weighted by atomic mass is 32.2. The quantitative estimate of drug-likeness (QED) is 0.806. The molecule has 0 radical (unpaired) electrons. The summed E-state index contributed by atoms with van der Waals surface area (Å²) in [5.74, 6) is -3.39. The second-order valence-corrected chi connectivity index (χ2v) is 4.68. The molecule has 80 valence electrons. The molecule has 0 aromatic carbocycles. The molecule has 1 aromatic rings. The fraction of sp³-hybridized carbons (Fsp3) is 0.500. The molecule has 5 nitrogen and oxygen atoms in total. The topological polar surface area (TPSA) is 66.1 Å². The third-order valence-electron chi connectivity index (χ3n) is 1.62. The number of aromatic nitrogens is 2. The number of alkyl halides is 2. The van der Waals surface area contributed by atoms with E-state index in [1.165, 1.54) is 12.4 Å². The minimum absolute atomic E-state index is 0.122. The van der Waals surface area contributed by atoms with E-state index in [4.69, 9.17) is 0 Å².